The first kappa shape index (κ1) is 24.7. The van der Waals surface area contributed by atoms with E-state index in [-0.39, 0.29) is 18.7 Å². The van der Waals surface area contributed by atoms with E-state index < -0.39 is 17.9 Å². The molecule has 0 saturated heterocycles. The van der Waals surface area contributed by atoms with Gasteiger partial charge >= 0.3 is 6.36 Å². The molecule has 0 fully saturated rings. The van der Waals surface area contributed by atoms with Gasteiger partial charge in [-0.15, -0.1) is 13.2 Å². The highest BCUT2D eigenvalue weighted by Gasteiger charge is 2.32. The highest BCUT2D eigenvalue weighted by molar-refractivity contribution is 5.84. The van der Waals surface area contributed by atoms with Crippen molar-refractivity contribution in [1.82, 2.24) is 0 Å². The summed E-state index contributed by atoms with van der Waals surface area (Å²) in [4.78, 5) is 0. The standard InChI is InChI=1S/C29H25F5O/c1-2-19-3-5-20(6-4-19)7-8-21-10-15-25-24(17-21)14-13-23(28(25)31)12-9-22-11-16-27(26(30)18-22)35-29(32,33)34/h3-6,10-11,13-18H,2,7-9,12H2,1H3. The zero-order valence-corrected chi connectivity index (χ0v) is 19.3. The Kier molecular flexibility index (Phi) is 7.39. The molecular formula is C29H25F5O. The number of hydrogen-bond donors (Lipinski definition) is 0. The smallest absolute Gasteiger partial charge is 0.403 e. The maximum atomic E-state index is 15.1. The van der Waals surface area contributed by atoms with Gasteiger partial charge < -0.3 is 4.74 Å². The third kappa shape index (κ3) is 6.38. The number of halogens is 5. The molecule has 0 heterocycles. The van der Waals surface area contributed by atoms with Gasteiger partial charge in [0.15, 0.2) is 11.6 Å². The minimum Gasteiger partial charge on any atom is -0.403 e. The van der Waals surface area contributed by atoms with Crippen LogP contribution in [0.25, 0.3) is 10.8 Å². The lowest BCUT2D eigenvalue weighted by Crippen LogP contribution is -2.18. The van der Waals surface area contributed by atoms with Crippen molar-refractivity contribution in [3.63, 3.8) is 0 Å². The number of fused-ring (bicyclic) bond motifs is 1. The van der Waals surface area contributed by atoms with Crippen LogP contribution in [0.3, 0.4) is 0 Å². The summed E-state index contributed by atoms with van der Waals surface area (Å²) in [7, 11) is 0. The number of aryl methyl sites for hydroxylation is 5. The highest BCUT2D eigenvalue weighted by Crippen LogP contribution is 2.28. The van der Waals surface area contributed by atoms with E-state index in [9.17, 15) is 17.6 Å². The Balaban J connectivity index is 1.42. The average Bonchev–Trinajstić information content (AvgIpc) is 2.83. The van der Waals surface area contributed by atoms with Crippen LogP contribution in [0, 0.1) is 11.6 Å². The van der Waals surface area contributed by atoms with Gasteiger partial charge in [0.1, 0.15) is 5.82 Å². The van der Waals surface area contributed by atoms with E-state index in [1.54, 1.807) is 12.1 Å². The summed E-state index contributed by atoms with van der Waals surface area (Å²) in [6, 6.07) is 21.2. The van der Waals surface area contributed by atoms with E-state index in [4.69, 9.17) is 0 Å². The molecule has 0 bridgehead atoms. The molecule has 0 amide bonds. The topological polar surface area (TPSA) is 9.23 Å². The normalized spacial score (nSPS) is 11.7. The first-order valence-electron chi connectivity index (χ1n) is 11.5. The number of hydrogen-bond acceptors (Lipinski definition) is 1. The molecule has 0 unspecified atom stereocenters. The van der Waals surface area contributed by atoms with Gasteiger partial charge in [0.2, 0.25) is 0 Å². The van der Waals surface area contributed by atoms with Crippen molar-refractivity contribution in [2.75, 3.05) is 0 Å². The van der Waals surface area contributed by atoms with Gasteiger partial charge in [-0.1, -0.05) is 67.6 Å². The minimum absolute atomic E-state index is 0.278. The van der Waals surface area contributed by atoms with Gasteiger partial charge in [-0.05, 0) is 77.4 Å². The molecule has 0 aromatic heterocycles. The predicted molar refractivity (Wildman–Crippen MR) is 128 cm³/mol. The SMILES string of the molecule is CCc1ccc(CCc2ccc3c(F)c(CCc4ccc(OC(F)(F)F)c(F)c4)ccc3c2)cc1. The van der Waals surface area contributed by atoms with Crippen LogP contribution in [0.15, 0.2) is 72.8 Å². The average molecular weight is 485 g/mol. The summed E-state index contributed by atoms with van der Waals surface area (Å²) in [5, 5.41) is 1.32. The van der Waals surface area contributed by atoms with Crippen LogP contribution in [-0.4, -0.2) is 6.36 Å². The van der Waals surface area contributed by atoms with Gasteiger partial charge in [0.25, 0.3) is 0 Å². The lowest BCUT2D eigenvalue weighted by molar-refractivity contribution is -0.275. The molecule has 0 atom stereocenters. The second-order valence-corrected chi connectivity index (χ2v) is 8.58. The van der Waals surface area contributed by atoms with Gasteiger partial charge in [-0.25, -0.2) is 8.78 Å². The lowest BCUT2D eigenvalue weighted by atomic mass is 9.97. The molecule has 0 aliphatic rings. The summed E-state index contributed by atoms with van der Waals surface area (Å²) in [5.41, 5.74) is 4.62. The fourth-order valence-electron chi connectivity index (χ4n) is 4.15. The maximum Gasteiger partial charge on any atom is 0.573 e. The van der Waals surface area contributed by atoms with Crippen LogP contribution in [0.2, 0.25) is 0 Å². The Hall–Kier alpha value is -3.41. The molecule has 1 nitrogen and oxygen atoms in total. The lowest BCUT2D eigenvalue weighted by Gasteiger charge is -2.11. The fourth-order valence-corrected chi connectivity index (χ4v) is 4.15. The van der Waals surface area contributed by atoms with E-state index in [1.165, 1.54) is 17.2 Å². The Morgan fingerprint density at radius 2 is 1.26 bits per heavy atom. The second kappa shape index (κ2) is 10.5. The molecule has 0 N–H and O–H groups in total. The molecule has 0 aliphatic heterocycles. The quantitative estimate of drug-likeness (QED) is 0.229. The third-order valence-corrected chi connectivity index (χ3v) is 6.14. The number of ether oxygens (including phenoxy) is 1. The maximum absolute atomic E-state index is 15.1. The Morgan fingerprint density at radius 3 is 1.94 bits per heavy atom. The van der Waals surface area contributed by atoms with Crippen LogP contribution in [0.4, 0.5) is 22.0 Å². The van der Waals surface area contributed by atoms with E-state index in [0.717, 1.165) is 42.3 Å². The van der Waals surface area contributed by atoms with Gasteiger partial charge in [-0.2, -0.15) is 0 Å². The van der Waals surface area contributed by atoms with Crippen molar-refractivity contribution in [3.8, 4) is 5.75 Å². The fraction of sp³-hybridized carbons (Fsp3) is 0.241. The van der Waals surface area contributed by atoms with E-state index in [2.05, 4.69) is 35.9 Å². The first-order valence-corrected chi connectivity index (χ1v) is 11.5. The monoisotopic (exact) mass is 484 g/mol. The third-order valence-electron chi connectivity index (χ3n) is 6.14. The van der Waals surface area contributed by atoms with E-state index >= 15 is 4.39 Å². The van der Waals surface area contributed by atoms with Crippen molar-refractivity contribution in [1.29, 1.82) is 0 Å². The van der Waals surface area contributed by atoms with Crippen LogP contribution >= 0.6 is 0 Å². The molecule has 4 rings (SSSR count). The Morgan fingerprint density at radius 1 is 0.657 bits per heavy atom. The largest absolute Gasteiger partial charge is 0.573 e. The molecule has 0 radical (unpaired) electrons. The zero-order chi connectivity index (χ0) is 25.0. The Bertz CT molecular complexity index is 1310. The molecule has 4 aromatic rings. The van der Waals surface area contributed by atoms with Crippen LogP contribution < -0.4 is 4.74 Å². The van der Waals surface area contributed by atoms with Gasteiger partial charge in [-0.3, -0.25) is 0 Å². The molecule has 0 aliphatic carbocycles. The summed E-state index contributed by atoms with van der Waals surface area (Å²) >= 11 is 0. The molecule has 4 aromatic carbocycles. The molecule has 35 heavy (non-hydrogen) atoms. The first-order chi connectivity index (χ1) is 16.7. The summed E-state index contributed by atoms with van der Waals surface area (Å²) in [6.45, 7) is 2.13. The van der Waals surface area contributed by atoms with Crippen molar-refractivity contribution < 1.29 is 26.7 Å². The molecule has 0 spiro atoms. The molecule has 182 valence electrons. The number of benzene rings is 4. The Labute approximate surface area is 201 Å². The number of alkyl halides is 3. The van der Waals surface area contributed by atoms with Gasteiger partial charge in [0.05, 0.1) is 0 Å². The van der Waals surface area contributed by atoms with E-state index in [0.29, 0.717) is 16.5 Å². The zero-order valence-electron chi connectivity index (χ0n) is 19.3. The van der Waals surface area contributed by atoms with Crippen molar-refractivity contribution in [2.24, 2.45) is 0 Å². The number of rotatable bonds is 8. The minimum atomic E-state index is -4.96. The summed E-state index contributed by atoms with van der Waals surface area (Å²) < 4.78 is 69.6. The molecule has 6 heteroatoms. The predicted octanol–water partition coefficient (Wildman–Crippen LogP) is 8.15. The molecule has 0 saturated carbocycles. The summed E-state index contributed by atoms with van der Waals surface area (Å²) in [5.74, 6) is -2.32. The van der Waals surface area contributed by atoms with Crippen molar-refractivity contribution in [2.45, 2.75) is 45.4 Å². The van der Waals surface area contributed by atoms with Crippen molar-refractivity contribution >= 4 is 10.8 Å². The van der Waals surface area contributed by atoms with Crippen LogP contribution in [0.5, 0.6) is 5.75 Å². The van der Waals surface area contributed by atoms with Crippen LogP contribution in [0.1, 0.15) is 34.7 Å². The van der Waals surface area contributed by atoms with Crippen LogP contribution in [-0.2, 0) is 32.1 Å². The van der Waals surface area contributed by atoms with E-state index in [1.807, 2.05) is 18.2 Å². The summed E-state index contributed by atoms with van der Waals surface area (Å²) in [6.07, 6.45) is -1.63. The van der Waals surface area contributed by atoms with Gasteiger partial charge in [0, 0.05) is 5.39 Å². The van der Waals surface area contributed by atoms with Crippen molar-refractivity contribution in [3.05, 3.63) is 112 Å². The highest BCUT2D eigenvalue weighted by atomic mass is 19.4. The second-order valence-electron chi connectivity index (χ2n) is 8.58. The molecular weight excluding hydrogens is 459 g/mol.